The summed E-state index contributed by atoms with van der Waals surface area (Å²) < 4.78 is 41.2. The van der Waals surface area contributed by atoms with E-state index in [9.17, 15) is 13.2 Å². The molecule has 1 aromatic heterocycles. The van der Waals surface area contributed by atoms with Crippen molar-refractivity contribution in [3.8, 4) is 0 Å². The smallest absolute Gasteiger partial charge is 0.308 e. The average Bonchev–Trinajstić information content (AvgIpc) is 2.81. The molecule has 1 N–H and O–H groups in total. The number of benzene rings is 1. The Hall–Kier alpha value is -1.53. The van der Waals surface area contributed by atoms with E-state index < -0.39 is 17.8 Å². The second-order valence-corrected chi connectivity index (χ2v) is 4.91. The van der Waals surface area contributed by atoms with Crippen LogP contribution < -0.4 is 5.32 Å². The van der Waals surface area contributed by atoms with Crippen LogP contribution >= 0.6 is 11.6 Å². The van der Waals surface area contributed by atoms with E-state index in [1.165, 1.54) is 18.3 Å². The van der Waals surface area contributed by atoms with E-state index in [1.807, 2.05) is 6.92 Å². The SMILES string of the molecule is CCn1ncc(Cl)c1C(NC)c1ccccc1C(F)(F)F. The van der Waals surface area contributed by atoms with Gasteiger partial charge in [0.25, 0.3) is 0 Å². The molecule has 0 spiro atoms. The summed E-state index contributed by atoms with van der Waals surface area (Å²) in [6.07, 6.45) is -2.98. The van der Waals surface area contributed by atoms with Crippen molar-refractivity contribution in [2.24, 2.45) is 0 Å². The Morgan fingerprint density at radius 2 is 2.00 bits per heavy atom. The first-order valence-electron chi connectivity index (χ1n) is 6.44. The van der Waals surface area contributed by atoms with Crippen LogP contribution in [0.2, 0.25) is 5.02 Å². The van der Waals surface area contributed by atoms with E-state index in [0.29, 0.717) is 17.3 Å². The van der Waals surface area contributed by atoms with Gasteiger partial charge >= 0.3 is 6.18 Å². The molecule has 0 saturated heterocycles. The molecule has 0 amide bonds. The predicted octanol–water partition coefficient (Wildman–Crippen LogP) is 3.88. The molecule has 2 aromatic rings. The zero-order valence-electron chi connectivity index (χ0n) is 11.6. The van der Waals surface area contributed by atoms with Crippen LogP contribution in [0.15, 0.2) is 30.5 Å². The number of nitrogens with one attached hydrogen (secondary N) is 1. The Balaban J connectivity index is 2.60. The summed E-state index contributed by atoms with van der Waals surface area (Å²) >= 11 is 6.11. The first kappa shape index (κ1) is 15.9. The fraction of sp³-hybridized carbons (Fsp3) is 0.357. The molecule has 0 fully saturated rings. The Kier molecular flexibility index (Phi) is 4.58. The van der Waals surface area contributed by atoms with Gasteiger partial charge in [-0.3, -0.25) is 4.68 Å². The molecule has 1 aromatic carbocycles. The van der Waals surface area contributed by atoms with Crippen molar-refractivity contribution >= 4 is 11.6 Å². The third-order valence-corrected chi connectivity index (χ3v) is 3.56. The van der Waals surface area contributed by atoms with Crippen LogP contribution in [0.3, 0.4) is 0 Å². The van der Waals surface area contributed by atoms with Crippen LogP contribution in [-0.2, 0) is 12.7 Å². The van der Waals surface area contributed by atoms with Crippen molar-refractivity contribution in [3.63, 3.8) is 0 Å². The molecular formula is C14H15ClF3N3. The Morgan fingerprint density at radius 3 is 2.57 bits per heavy atom. The monoisotopic (exact) mass is 317 g/mol. The summed E-state index contributed by atoms with van der Waals surface area (Å²) in [5.41, 5.74) is -0.0211. The van der Waals surface area contributed by atoms with E-state index in [0.717, 1.165) is 6.07 Å². The quantitative estimate of drug-likeness (QED) is 0.927. The molecule has 1 unspecified atom stereocenters. The molecule has 2 rings (SSSR count). The van der Waals surface area contributed by atoms with Gasteiger partial charge < -0.3 is 5.32 Å². The third-order valence-electron chi connectivity index (χ3n) is 3.27. The number of nitrogens with zero attached hydrogens (tertiary/aromatic N) is 2. The number of aromatic nitrogens is 2. The Morgan fingerprint density at radius 1 is 1.33 bits per heavy atom. The molecule has 1 heterocycles. The molecule has 1 atom stereocenters. The molecule has 114 valence electrons. The molecule has 0 aliphatic heterocycles. The van der Waals surface area contributed by atoms with Crippen LogP contribution in [0, 0.1) is 0 Å². The molecule has 0 aliphatic rings. The maximum Gasteiger partial charge on any atom is 0.416 e. The number of aryl methyl sites for hydroxylation is 1. The van der Waals surface area contributed by atoms with Crippen LogP contribution in [0.4, 0.5) is 13.2 Å². The summed E-state index contributed by atoms with van der Waals surface area (Å²) in [6, 6.07) is 4.79. The first-order chi connectivity index (χ1) is 9.90. The van der Waals surface area contributed by atoms with Gasteiger partial charge in [0.2, 0.25) is 0 Å². The number of hydrogen-bond acceptors (Lipinski definition) is 2. The fourth-order valence-corrected chi connectivity index (χ4v) is 2.61. The highest BCUT2D eigenvalue weighted by atomic mass is 35.5. The lowest BCUT2D eigenvalue weighted by Gasteiger charge is -2.22. The van der Waals surface area contributed by atoms with Crippen molar-refractivity contribution in [1.29, 1.82) is 0 Å². The number of rotatable bonds is 4. The minimum Gasteiger partial charge on any atom is -0.308 e. The highest BCUT2D eigenvalue weighted by molar-refractivity contribution is 6.31. The van der Waals surface area contributed by atoms with Gasteiger partial charge in [-0.25, -0.2) is 0 Å². The van der Waals surface area contributed by atoms with Gasteiger partial charge in [0.15, 0.2) is 0 Å². The highest BCUT2D eigenvalue weighted by Crippen LogP contribution is 2.37. The van der Waals surface area contributed by atoms with Crippen molar-refractivity contribution in [2.75, 3.05) is 7.05 Å². The van der Waals surface area contributed by atoms with Crippen molar-refractivity contribution in [1.82, 2.24) is 15.1 Å². The van der Waals surface area contributed by atoms with Crippen LogP contribution in [0.1, 0.15) is 29.8 Å². The first-order valence-corrected chi connectivity index (χ1v) is 6.82. The Labute approximate surface area is 125 Å². The molecule has 0 aliphatic carbocycles. The zero-order chi connectivity index (χ0) is 15.6. The van der Waals surface area contributed by atoms with Crippen LogP contribution in [0.5, 0.6) is 0 Å². The summed E-state index contributed by atoms with van der Waals surface area (Å²) in [5.74, 6) is 0. The predicted molar refractivity (Wildman–Crippen MR) is 75.3 cm³/mol. The van der Waals surface area contributed by atoms with Crippen molar-refractivity contribution < 1.29 is 13.2 Å². The summed E-state index contributed by atoms with van der Waals surface area (Å²) in [7, 11) is 1.60. The molecular weight excluding hydrogens is 303 g/mol. The van der Waals surface area contributed by atoms with Gasteiger partial charge in [0.1, 0.15) is 0 Å². The lowest BCUT2D eigenvalue weighted by atomic mass is 9.97. The summed E-state index contributed by atoms with van der Waals surface area (Å²) in [5, 5.41) is 7.33. The minimum absolute atomic E-state index is 0.129. The summed E-state index contributed by atoms with van der Waals surface area (Å²) in [6.45, 7) is 2.38. The van der Waals surface area contributed by atoms with Gasteiger partial charge in [-0.2, -0.15) is 18.3 Å². The lowest BCUT2D eigenvalue weighted by Crippen LogP contribution is -2.24. The van der Waals surface area contributed by atoms with Crippen LogP contribution in [-0.4, -0.2) is 16.8 Å². The highest BCUT2D eigenvalue weighted by Gasteiger charge is 2.36. The zero-order valence-corrected chi connectivity index (χ0v) is 12.3. The third kappa shape index (κ3) is 3.06. The van der Waals surface area contributed by atoms with Gasteiger partial charge in [-0.15, -0.1) is 0 Å². The second kappa shape index (κ2) is 6.07. The number of hydrogen-bond donors (Lipinski definition) is 1. The van der Waals surface area contributed by atoms with Gasteiger partial charge in [0, 0.05) is 6.54 Å². The standard InChI is InChI=1S/C14H15ClF3N3/c1-3-21-13(11(15)8-20-21)12(19-2)9-6-4-5-7-10(9)14(16,17)18/h4-8,12,19H,3H2,1-2H3. The van der Waals surface area contributed by atoms with Gasteiger partial charge in [0.05, 0.1) is 28.5 Å². The normalized spacial score (nSPS) is 13.4. The molecule has 3 nitrogen and oxygen atoms in total. The molecule has 21 heavy (non-hydrogen) atoms. The number of halogens is 4. The molecule has 0 radical (unpaired) electrons. The van der Waals surface area contributed by atoms with E-state index in [2.05, 4.69) is 10.4 Å². The van der Waals surface area contributed by atoms with E-state index in [-0.39, 0.29) is 5.56 Å². The van der Waals surface area contributed by atoms with Gasteiger partial charge in [-0.05, 0) is 25.6 Å². The topological polar surface area (TPSA) is 29.9 Å². The van der Waals surface area contributed by atoms with Crippen molar-refractivity contribution in [2.45, 2.75) is 25.7 Å². The maximum atomic E-state index is 13.2. The fourth-order valence-electron chi connectivity index (χ4n) is 2.36. The average molecular weight is 318 g/mol. The van der Waals surface area contributed by atoms with E-state index >= 15 is 0 Å². The van der Waals surface area contributed by atoms with E-state index in [4.69, 9.17) is 11.6 Å². The number of alkyl halides is 3. The molecule has 0 bridgehead atoms. The maximum absolute atomic E-state index is 13.2. The van der Waals surface area contributed by atoms with E-state index in [1.54, 1.807) is 17.8 Å². The van der Waals surface area contributed by atoms with Crippen LogP contribution in [0.25, 0.3) is 0 Å². The molecule has 7 heteroatoms. The Bertz CT molecular complexity index is 622. The molecule has 0 saturated carbocycles. The van der Waals surface area contributed by atoms with Crippen molar-refractivity contribution in [3.05, 3.63) is 52.3 Å². The lowest BCUT2D eigenvalue weighted by molar-refractivity contribution is -0.138. The summed E-state index contributed by atoms with van der Waals surface area (Å²) in [4.78, 5) is 0. The van der Waals surface area contributed by atoms with Gasteiger partial charge in [-0.1, -0.05) is 29.8 Å². The minimum atomic E-state index is -4.42. The second-order valence-electron chi connectivity index (χ2n) is 4.50. The largest absolute Gasteiger partial charge is 0.416 e.